The molecule has 0 N–H and O–H groups in total. The van der Waals surface area contributed by atoms with Crippen molar-refractivity contribution in [2.45, 2.75) is 18.7 Å². The lowest BCUT2D eigenvalue weighted by molar-refractivity contribution is -0.0499. The third-order valence-corrected chi connectivity index (χ3v) is 5.06. The molecule has 2 aliphatic rings. The van der Waals surface area contributed by atoms with Gasteiger partial charge in [-0.15, -0.1) is 0 Å². The minimum atomic E-state index is -0.340. The van der Waals surface area contributed by atoms with Crippen molar-refractivity contribution >= 4 is 5.69 Å². The summed E-state index contributed by atoms with van der Waals surface area (Å²) in [5.41, 5.74) is 2.18. The normalized spacial score (nSPS) is 23.3. The minimum absolute atomic E-state index is 0.0903. The highest BCUT2D eigenvalue weighted by atomic mass is 19.1. The van der Waals surface area contributed by atoms with Crippen LogP contribution >= 0.6 is 0 Å². The summed E-state index contributed by atoms with van der Waals surface area (Å²) in [5.74, 6) is -0.340. The maximum atomic E-state index is 14.4. The van der Waals surface area contributed by atoms with Gasteiger partial charge in [-0.3, -0.25) is 4.90 Å². The molecule has 2 aromatic rings. The van der Waals surface area contributed by atoms with Crippen LogP contribution in [0.1, 0.15) is 11.1 Å². The fourth-order valence-corrected chi connectivity index (χ4v) is 3.80. The Morgan fingerprint density at radius 1 is 1.16 bits per heavy atom. The number of benzene rings is 2. The van der Waals surface area contributed by atoms with Gasteiger partial charge in [0, 0.05) is 26.2 Å². The number of rotatable bonds is 3. The van der Waals surface area contributed by atoms with Gasteiger partial charge in [0.15, 0.2) is 0 Å². The molecular weight excluding hydrogens is 317 g/mol. The molecular formula is C20H20FN3O. The van der Waals surface area contributed by atoms with Gasteiger partial charge in [-0.1, -0.05) is 30.3 Å². The van der Waals surface area contributed by atoms with E-state index in [-0.39, 0.29) is 18.0 Å². The molecule has 0 aromatic heterocycles. The van der Waals surface area contributed by atoms with Crippen molar-refractivity contribution < 1.29 is 9.13 Å². The van der Waals surface area contributed by atoms with Gasteiger partial charge in [-0.2, -0.15) is 5.26 Å². The Morgan fingerprint density at radius 2 is 2.00 bits per heavy atom. The van der Waals surface area contributed by atoms with Crippen LogP contribution in [0.4, 0.5) is 10.1 Å². The molecule has 0 aliphatic carbocycles. The van der Waals surface area contributed by atoms with Crippen LogP contribution in [0.15, 0.2) is 48.5 Å². The summed E-state index contributed by atoms with van der Waals surface area (Å²) >= 11 is 0. The van der Waals surface area contributed by atoms with E-state index in [2.05, 4.69) is 29.2 Å². The van der Waals surface area contributed by atoms with Gasteiger partial charge in [-0.25, -0.2) is 4.39 Å². The van der Waals surface area contributed by atoms with Gasteiger partial charge in [-0.05, 0) is 23.8 Å². The molecule has 128 valence electrons. The molecule has 0 bridgehead atoms. The van der Waals surface area contributed by atoms with Crippen molar-refractivity contribution in [1.29, 1.82) is 5.26 Å². The molecule has 0 radical (unpaired) electrons. The summed E-state index contributed by atoms with van der Waals surface area (Å²) in [6.45, 7) is 3.89. The standard InChI is InChI=1S/C20H20FN3O/c21-17-10-16(11-22)6-7-18(17)24-13-19-20(14-24)25-9-8-23(19)12-15-4-2-1-3-5-15/h1-7,10,19-20H,8-9,12-14H2. The average Bonchev–Trinajstić information content (AvgIpc) is 3.07. The summed E-state index contributed by atoms with van der Waals surface area (Å²) < 4.78 is 20.3. The molecule has 0 amide bonds. The predicted molar refractivity (Wildman–Crippen MR) is 93.7 cm³/mol. The summed E-state index contributed by atoms with van der Waals surface area (Å²) in [7, 11) is 0. The van der Waals surface area contributed by atoms with Crippen molar-refractivity contribution in [3.63, 3.8) is 0 Å². The molecule has 2 unspecified atom stereocenters. The van der Waals surface area contributed by atoms with E-state index in [0.717, 1.165) is 19.6 Å². The third kappa shape index (κ3) is 3.23. The Kier molecular flexibility index (Phi) is 4.39. The second-order valence-corrected chi connectivity index (χ2v) is 6.62. The van der Waals surface area contributed by atoms with Crippen LogP contribution in [0.5, 0.6) is 0 Å². The van der Waals surface area contributed by atoms with Gasteiger partial charge < -0.3 is 9.64 Å². The van der Waals surface area contributed by atoms with Crippen molar-refractivity contribution in [3.8, 4) is 6.07 Å². The summed E-state index contributed by atoms with van der Waals surface area (Å²) in [6.07, 6.45) is 0.0903. The van der Waals surface area contributed by atoms with E-state index in [0.29, 0.717) is 24.4 Å². The van der Waals surface area contributed by atoms with Crippen molar-refractivity contribution in [3.05, 3.63) is 65.5 Å². The molecule has 2 aromatic carbocycles. The first kappa shape index (κ1) is 16.1. The Morgan fingerprint density at radius 3 is 2.76 bits per heavy atom. The molecule has 4 rings (SSSR count). The monoisotopic (exact) mass is 337 g/mol. The van der Waals surface area contributed by atoms with Gasteiger partial charge in [0.2, 0.25) is 0 Å². The van der Waals surface area contributed by atoms with Gasteiger partial charge in [0.1, 0.15) is 5.82 Å². The fourth-order valence-electron chi connectivity index (χ4n) is 3.80. The Labute approximate surface area is 147 Å². The first-order valence-corrected chi connectivity index (χ1v) is 8.59. The zero-order valence-corrected chi connectivity index (χ0v) is 13.9. The van der Waals surface area contributed by atoms with E-state index in [1.807, 2.05) is 17.0 Å². The predicted octanol–water partition coefficient (Wildman–Crippen LogP) is 2.79. The lowest BCUT2D eigenvalue weighted by atomic mass is 10.1. The Balaban J connectivity index is 1.52. The molecule has 5 heteroatoms. The molecule has 2 atom stereocenters. The topological polar surface area (TPSA) is 39.5 Å². The molecule has 2 aliphatic heterocycles. The van der Waals surface area contributed by atoms with E-state index >= 15 is 0 Å². The maximum absolute atomic E-state index is 14.4. The molecule has 2 saturated heterocycles. The highest BCUT2D eigenvalue weighted by molar-refractivity contribution is 5.52. The van der Waals surface area contributed by atoms with Gasteiger partial charge >= 0.3 is 0 Å². The van der Waals surface area contributed by atoms with E-state index in [4.69, 9.17) is 10.00 Å². The molecule has 0 spiro atoms. The highest BCUT2D eigenvalue weighted by Gasteiger charge is 2.40. The van der Waals surface area contributed by atoms with Crippen LogP contribution in [0, 0.1) is 17.1 Å². The van der Waals surface area contributed by atoms with Crippen LogP contribution in [0.3, 0.4) is 0 Å². The van der Waals surface area contributed by atoms with E-state index in [1.165, 1.54) is 11.6 Å². The van der Waals surface area contributed by atoms with Crippen LogP contribution in [0.25, 0.3) is 0 Å². The van der Waals surface area contributed by atoms with E-state index in [9.17, 15) is 4.39 Å². The maximum Gasteiger partial charge on any atom is 0.147 e. The second-order valence-electron chi connectivity index (χ2n) is 6.62. The van der Waals surface area contributed by atoms with Crippen LogP contribution in [-0.4, -0.2) is 43.3 Å². The smallest absolute Gasteiger partial charge is 0.147 e. The van der Waals surface area contributed by atoms with E-state index < -0.39 is 0 Å². The number of anilines is 1. The van der Waals surface area contributed by atoms with Crippen LogP contribution < -0.4 is 4.90 Å². The third-order valence-electron chi connectivity index (χ3n) is 5.06. The number of hydrogen-bond donors (Lipinski definition) is 0. The Hall–Kier alpha value is -2.42. The highest BCUT2D eigenvalue weighted by Crippen LogP contribution is 2.30. The summed E-state index contributed by atoms with van der Waals surface area (Å²) in [6, 6.07) is 17.3. The molecule has 4 nitrogen and oxygen atoms in total. The largest absolute Gasteiger partial charge is 0.373 e. The minimum Gasteiger partial charge on any atom is -0.373 e. The zero-order chi connectivity index (χ0) is 17.2. The van der Waals surface area contributed by atoms with E-state index in [1.54, 1.807) is 12.1 Å². The number of hydrogen-bond acceptors (Lipinski definition) is 4. The summed E-state index contributed by atoms with van der Waals surface area (Å²) in [5, 5.41) is 8.90. The molecule has 2 fully saturated rings. The van der Waals surface area contributed by atoms with Crippen molar-refractivity contribution in [2.75, 3.05) is 31.1 Å². The first-order chi connectivity index (χ1) is 12.2. The van der Waals surface area contributed by atoms with Gasteiger partial charge in [0.05, 0.1) is 36.1 Å². The Bertz CT molecular complexity index is 789. The quantitative estimate of drug-likeness (QED) is 0.863. The zero-order valence-electron chi connectivity index (χ0n) is 13.9. The number of morpholine rings is 1. The lowest BCUT2D eigenvalue weighted by Gasteiger charge is -2.36. The number of ether oxygens (including phenoxy) is 1. The van der Waals surface area contributed by atoms with Gasteiger partial charge in [0.25, 0.3) is 0 Å². The SMILES string of the molecule is N#Cc1ccc(N2CC3OCCN(Cc4ccccc4)C3C2)c(F)c1. The number of nitriles is 1. The number of fused-ring (bicyclic) bond motifs is 1. The lowest BCUT2D eigenvalue weighted by Crippen LogP contribution is -2.50. The first-order valence-electron chi connectivity index (χ1n) is 8.59. The molecule has 2 heterocycles. The number of halogens is 1. The second kappa shape index (κ2) is 6.83. The average molecular weight is 337 g/mol. The molecule has 25 heavy (non-hydrogen) atoms. The van der Waals surface area contributed by atoms with Crippen LogP contribution in [0.2, 0.25) is 0 Å². The van der Waals surface area contributed by atoms with Crippen molar-refractivity contribution in [2.24, 2.45) is 0 Å². The molecule has 0 saturated carbocycles. The number of nitrogens with zero attached hydrogens (tertiary/aromatic N) is 3. The van der Waals surface area contributed by atoms with Crippen molar-refractivity contribution in [1.82, 2.24) is 4.90 Å². The summed E-state index contributed by atoms with van der Waals surface area (Å²) in [4.78, 5) is 4.47. The van der Waals surface area contributed by atoms with Crippen LogP contribution in [-0.2, 0) is 11.3 Å². The fraction of sp³-hybridized carbons (Fsp3) is 0.350.